The van der Waals surface area contributed by atoms with Crippen LogP contribution in [-0.2, 0) is 11.2 Å². The molecule has 0 heterocycles. The van der Waals surface area contributed by atoms with Crippen molar-refractivity contribution in [2.24, 2.45) is 0 Å². The quantitative estimate of drug-likeness (QED) is 0.786. The number of hydrogen-bond donors (Lipinski definition) is 1. The highest BCUT2D eigenvalue weighted by molar-refractivity contribution is 9.10. The maximum Gasteiger partial charge on any atom is 0.258 e. The Morgan fingerprint density at radius 3 is 2.94 bits per heavy atom. The third-order valence-electron chi connectivity index (χ3n) is 2.34. The maximum absolute atomic E-state index is 11.4. The van der Waals surface area contributed by atoms with Crippen LogP contribution in [0.15, 0.2) is 35.3 Å². The molecule has 0 aliphatic carbocycles. The van der Waals surface area contributed by atoms with Gasteiger partial charge in [0.2, 0.25) is 0 Å². The zero-order chi connectivity index (χ0) is 13.4. The van der Waals surface area contributed by atoms with E-state index in [0.717, 1.165) is 17.3 Å². The second kappa shape index (κ2) is 7.93. The van der Waals surface area contributed by atoms with Crippen LogP contribution < -0.4 is 10.1 Å². The normalized spacial score (nSPS) is 9.89. The number of ether oxygens (including phenoxy) is 1. The smallest absolute Gasteiger partial charge is 0.258 e. The highest BCUT2D eigenvalue weighted by atomic mass is 79.9. The third-order valence-corrected chi connectivity index (χ3v) is 2.96. The van der Waals surface area contributed by atoms with Crippen LogP contribution in [0.25, 0.3) is 0 Å². The molecule has 0 saturated carbocycles. The molecule has 98 valence electrons. The number of rotatable bonds is 7. The Labute approximate surface area is 116 Å². The van der Waals surface area contributed by atoms with Gasteiger partial charge in [-0.05, 0) is 40.0 Å². The number of hydrogen-bond acceptors (Lipinski definition) is 2. The van der Waals surface area contributed by atoms with Crippen molar-refractivity contribution in [1.29, 1.82) is 0 Å². The first-order chi connectivity index (χ1) is 8.67. The molecule has 1 N–H and O–H groups in total. The Kier molecular flexibility index (Phi) is 6.50. The fourth-order valence-electron chi connectivity index (χ4n) is 1.49. The first-order valence-electron chi connectivity index (χ1n) is 5.96. The van der Waals surface area contributed by atoms with E-state index >= 15 is 0 Å². The lowest BCUT2D eigenvalue weighted by Gasteiger charge is -2.09. The van der Waals surface area contributed by atoms with Crippen LogP contribution in [0.2, 0.25) is 0 Å². The molecular weight excluding hydrogens is 294 g/mol. The van der Waals surface area contributed by atoms with Crippen LogP contribution in [0, 0.1) is 0 Å². The summed E-state index contributed by atoms with van der Waals surface area (Å²) in [7, 11) is 0. The van der Waals surface area contributed by atoms with Gasteiger partial charge in [-0.2, -0.15) is 0 Å². The lowest BCUT2D eigenvalue weighted by molar-refractivity contribution is -0.122. The average Bonchev–Trinajstić information content (AvgIpc) is 2.35. The number of carbonyl (C=O) groups is 1. The van der Waals surface area contributed by atoms with E-state index in [1.807, 2.05) is 18.2 Å². The van der Waals surface area contributed by atoms with Gasteiger partial charge in [0.05, 0.1) is 4.47 Å². The van der Waals surface area contributed by atoms with E-state index in [9.17, 15) is 4.79 Å². The summed E-state index contributed by atoms with van der Waals surface area (Å²) in [6, 6.07) is 5.93. The van der Waals surface area contributed by atoms with Gasteiger partial charge in [0.1, 0.15) is 5.75 Å². The van der Waals surface area contributed by atoms with Crippen LogP contribution in [0.3, 0.4) is 0 Å². The van der Waals surface area contributed by atoms with Crippen LogP contribution in [0.1, 0.15) is 18.9 Å². The number of halogens is 1. The van der Waals surface area contributed by atoms with Gasteiger partial charge in [0.15, 0.2) is 6.61 Å². The highest BCUT2D eigenvalue weighted by Crippen LogP contribution is 2.26. The molecule has 0 bridgehead atoms. The molecule has 0 spiro atoms. The SMILES string of the molecule is C=CCNC(=O)COc1ccc(CCC)cc1Br. The Morgan fingerprint density at radius 1 is 1.56 bits per heavy atom. The van der Waals surface area contributed by atoms with Gasteiger partial charge in [-0.15, -0.1) is 6.58 Å². The van der Waals surface area contributed by atoms with Crippen LogP contribution >= 0.6 is 15.9 Å². The predicted molar refractivity (Wildman–Crippen MR) is 76.8 cm³/mol. The number of aryl methyl sites for hydroxylation is 1. The molecule has 0 aliphatic heterocycles. The summed E-state index contributed by atoms with van der Waals surface area (Å²) in [6.45, 7) is 6.14. The Morgan fingerprint density at radius 2 is 2.33 bits per heavy atom. The summed E-state index contributed by atoms with van der Waals surface area (Å²) in [5.41, 5.74) is 1.26. The van der Waals surface area contributed by atoms with Gasteiger partial charge in [-0.3, -0.25) is 4.79 Å². The van der Waals surface area contributed by atoms with E-state index in [1.54, 1.807) is 6.08 Å². The van der Waals surface area contributed by atoms with Crippen molar-refractivity contribution in [2.45, 2.75) is 19.8 Å². The highest BCUT2D eigenvalue weighted by Gasteiger charge is 2.05. The zero-order valence-electron chi connectivity index (χ0n) is 10.5. The first-order valence-corrected chi connectivity index (χ1v) is 6.75. The molecule has 0 saturated heterocycles. The van der Waals surface area contributed by atoms with Gasteiger partial charge in [-0.1, -0.05) is 25.5 Å². The maximum atomic E-state index is 11.4. The van der Waals surface area contributed by atoms with Crippen molar-refractivity contribution in [3.05, 3.63) is 40.9 Å². The molecule has 1 aromatic rings. The molecule has 3 nitrogen and oxygen atoms in total. The summed E-state index contributed by atoms with van der Waals surface area (Å²) in [4.78, 5) is 11.4. The molecular formula is C14H18BrNO2. The largest absolute Gasteiger partial charge is 0.483 e. The second-order valence-electron chi connectivity index (χ2n) is 3.90. The van der Waals surface area contributed by atoms with E-state index in [1.165, 1.54) is 5.56 Å². The summed E-state index contributed by atoms with van der Waals surface area (Å²) in [5, 5.41) is 2.66. The Hall–Kier alpha value is -1.29. The van der Waals surface area contributed by atoms with Gasteiger partial charge in [-0.25, -0.2) is 0 Å². The standard InChI is InChI=1S/C14H18BrNO2/c1-3-5-11-6-7-13(12(15)9-11)18-10-14(17)16-8-4-2/h4,6-7,9H,2-3,5,8,10H2,1H3,(H,16,17). The molecule has 1 aromatic carbocycles. The summed E-state index contributed by atoms with van der Waals surface area (Å²) < 4.78 is 6.32. The minimum absolute atomic E-state index is 0.0135. The molecule has 0 fully saturated rings. The first kappa shape index (κ1) is 14.8. The van der Waals surface area contributed by atoms with E-state index in [0.29, 0.717) is 12.3 Å². The van der Waals surface area contributed by atoms with E-state index in [4.69, 9.17) is 4.74 Å². The number of benzene rings is 1. The summed E-state index contributed by atoms with van der Waals surface area (Å²) in [6.07, 6.45) is 3.78. The molecule has 18 heavy (non-hydrogen) atoms. The second-order valence-corrected chi connectivity index (χ2v) is 4.75. The molecule has 4 heteroatoms. The van der Waals surface area contributed by atoms with Crippen molar-refractivity contribution >= 4 is 21.8 Å². The average molecular weight is 312 g/mol. The molecule has 0 aliphatic rings. The van der Waals surface area contributed by atoms with Crippen molar-refractivity contribution in [1.82, 2.24) is 5.32 Å². The van der Waals surface area contributed by atoms with Crippen molar-refractivity contribution < 1.29 is 9.53 Å². The Bertz CT molecular complexity index is 418. The lowest BCUT2D eigenvalue weighted by atomic mass is 10.1. The fourth-order valence-corrected chi connectivity index (χ4v) is 2.03. The lowest BCUT2D eigenvalue weighted by Crippen LogP contribution is -2.28. The van der Waals surface area contributed by atoms with E-state index < -0.39 is 0 Å². The Balaban J connectivity index is 2.52. The van der Waals surface area contributed by atoms with Crippen molar-refractivity contribution in [2.75, 3.05) is 13.2 Å². The monoisotopic (exact) mass is 311 g/mol. The van der Waals surface area contributed by atoms with Gasteiger partial charge in [0.25, 0.3) is 5.91 Å². The summed E-state index contributed by atoms with van der Waals surface area (Å²) in [5.74, 6) is 0.531. The number of nitrogens with one attached hydrogen (secondary N) is 1. The van der Waals surface area contributed by atoms with Crippen molar-refractivity contribution in [3.8, 4) is 5.75 Å². The molecule has 0 unspecified atom stereocenters. The van der Waals surface area contributed by atoms with Crippen molar-refractivity contribution in [3.63, 3.8) is 0 Å². The minimum atomic E-state index is -0.153. The summed E-state index contributed by atoms with van der Waals surface area (Å²) >= 11 is 3.45. The van der Waals surface area contributed by atoms with Crippen LogP contribution in [-0.4, -0.2) is 19.1 Å². The minimum Gasteiger partial charge on any atom is -0.483 e. The number of carbonyl (C=O) groups excluding carboxylic acids is 1. The van der Waals surface area contributed by atoms with E-state index in [-0.39, 0.29) is 12.5 Å². The third kappa shape index (κ3) is 4.92. The molecule has 0 radical (unpaired) electrons. The fraction of sp³-hybridized carbons (Fsp3) is 0.357. The van der Waals surface area contributed by atoms with Crippen LogP contribution in [0.4, 0.5) is 0 Å². The van der Waals surface area contributed by atoms with E-state index in [2.05, 4.69) is 34.7 Å². The predicted octanol–water partition coefficient (Wildman–Crippen LogP) is 3.08. The number of amides is 1. The van der Waals surface area contributed by atoms with Gasteiger partial charge in [0, 0.05) is 6.54 Å². The molecule has 0 atom stereocenters. The zero-order valence-corrected chi connectivity index (χ0v) is 12.1. The van der Waals surface area contributed by atoms with Gasteiger partial charge >= 0.3 is 0 Å². The molecule has 0 aromatic heterocycles. The topological polar surface area (TPSA) is 38.3 Å². The van der Waals surface area contributed by atoms with Crippen LogP contribution in [0.5, 0.6) is 5.75 Å². The molecule has 1 rings (SSSR count). The van der Waals surface area contributed by atoms with Gasteiger partial charge < -0.3 is 10.1 Å². The molecule has 1 amide bonds.